The molecule has 6 heteroatoms. The average molecular weight is 336 g/mol. The second-order valence-electron chi connectivity index (χ2n) is 5.85. The fraction of sp³-hybridized carbons (Fsp3) is 0.211. The van der Waals surface area contributed by atoms with Crippen molar-refractivity contribution >= 4 is 22.8 Å². The number of aromatic nitrogens is 2. The predicted molar refractivity (Wildman–Crippen MR) is 97.6 cm³/mol. The van der Waals surface area contributed by atoms with Crippen molar-refractivity contribution in [2.45, 2.75) is 26.5 Å². The Bertz CT molecular complexity index is 880. The number of anilines is 1. The lowest BCUT2D eigenvalue weighted by atomic mass is 10.2. The van der Waals surface area contributed by atoms with Gasteiger partial charge in [-0.15, -0.1) is 0 Å². The Balaban J connectivity index is 1.63. The van der Waals surface area contributed by atoms with Crippen LogP contribution in [0.5, 0.6) is 5.75 Å². The zero-order valence-electron chi connectivity index (χ0n) is 14.2. The standard InChI is InChI=1S/C19H20N4O2/c1-13(2)25-17-6-4-3-5-15(17)12-21-19(24)23-18-8-7-14-11-20-10-9-16(14)22-18/h3-11,13H,12H2,1-2H3,(H2,21,22,23,24). The fourth-order valence-corrected chi connectivity index (χ4v) is 2.39. The Hall–Kier alpha value is -3.15. The smallest absolute Gasteiger partial charge is 0.320 e. The summed E-state index contributed by atoms with van der Waals surface area (Å²) in [5, 5.41) is 6.49. The molecule has 0 atom stereocenters. The normalized spacial score (nSPS) is 10.7. The molecule has 0 fully saturated rings. The summed E-state index contributed by atoms with van der Waals surface area (Å²) in [6.45, 7) is 4.31. The molecule has 0 aliphatic rings. The molecule has 2 aromatic heterocycles. The zero-order chi connectivity index (χ0) is 17.6. The molecule has 3 aromatic rings. The third-order valence-electron chi connectivity index (χ3n) is 3.51. The van der Waals surface area contributed by atoms with Crippen LogP contribution in [0.1, 0.15) is 19.4 Å². The van der Waals surface area contributed by atoms with Gasteiger partial charge < -0.3 is 10.1 Å². The van der Waals surface area contributed by atoms with Crippen molar-refractivity contribution in [2.75, 3.05) is 5.32 Å². The van der Waals surface area contributed by atoms with Crippen molar-refractivity contribution in [3.63, 3.8) is 0 Å². The van der Waals surface area contributed by atoms with Crippen molar-refractivity contribution in [3.05, 3.63) is 60.4 Å². The number of pyridine rings is 2. The Kier molecular flexibility index (Phi) is 5.09. The maximum atomic E-state index is 12.1. The lowest BCUT2D eigenvalue weighted by Gasteiger charge is -2.14. The summed E-state index contributed by atoms with van der Waals surface area (Å²) in [6, 6.07) is 12.8. The number of ether oxygens (including phenoxy) is 1. The topological polar surface area (TPSA) is 76.1 Å². The van der Waals surface area contributed by atoms with Gasteiger partial charge in [-0.05, 0) is 38.1 Å². The molecule has 6 nitrogen and oxygen atoms in total. The van der Waals surface area contributed by atoms with Crippen molar-refractivity contribution in [1.29, 1.82) is 0 Å². The largest absolute Gasteiger partial charge is 0.491 e. The second-order valence-corrected chi connectivity index (χ2v) is 5.85. The molecule has 0 unspecified atom stereocenters. The van der Waals surface area contributed by atoms with Gasteiger partial charge in [0, 0.05) is 29.9 Å². The lowest BCUT2D eigenvalue weighted by molar-refractivity contribution is 0.238. The van der Waals surface area contributed by atoms with Crippen LogP contribution < -0.4 is 15.4 Å². The highest BCUT2D eigenvalue weighted by atomic mass is 16.5. The molecule has 25 heavy (non-hydrogen) atoms. The van der Waals surface area contributed by atoms with E-state index in [9.17, 15) is 4.79 Å². The molecule has 0 saturated heterocycles. The predicted octanol–water partition coefficient (Wildman–Crippen LogP) is 3.74. The minimum absolute atomic E-state index is 0.0752. The van der Waals surface area contributed by atoms with E-state index in [1.807, 2.05) is 44.2 Å². The highest BCUT2D eigenvalue weighted by Crippen LogP contribution is 2.19. The molecule has 0 saturated carbocycles. The Morgan fingerprint density at radius 3 is 2.84 bits per heavy atom. The van der Waals surface area contributed by atoms with E-state index in [-0.39, 0.29) is 12.1 Å². The number of amides is 2. The van der Waals surface area contributed by atoms with Crippen LogP contribution in [0, 0.1) is 0 Å². The van der Waals surface area contributed by atoms with E-state index >= 15 is 0 Å². The summed E-state index contributed by atoms with van der Waals surface area (Å²) in [7, 11) is 0. The SMILES string of the molecule is CC(C)Oc1ccccc1CNC(=O)Nc1ccc2cnccc2n1. The number of fused-ring (bicyclic) bond motifs is 1. The first-order valence-electron chi connectivity index (χ1n) is 8.12. The van der Waals surface area contributed by atoms with Gasteiger partial charge in [0.1, 0.15) is 11.6 Å². The Labute approximate surface area is 146 Å². The van der Waals surface area contributed by atoms with Crippen LogP contribution in [0.3, 0.4) is 0 Å². The number of hydrogen-bond donors (Lipinski definition) is 2. The average Bonchev–Trinajstić information content (AvgIpc) is 2.60. The number of para-hydroxylation sites is 1. The molecule has 1 aromatic carbocycles. The summed E-state index contributed by atoms with van der Waals surface area (Å²) in [5.41, 5.74) is 1.70. The molecule has 0 spiro atoms. The van der Waals surface area contributed by atoms with E-state index in [2.05, 4.69) is 20.6 Å². The van der Waals surface area contributed by atoms with Crippen LogP contribution in [0.2, 0.25) is 0 Å². The molecule has 2 N–H and O–H groups in total. The van der Waals surface area contributed by atoms with E-state index < -0.39 is 0 Å². The quantitative estimate of drug-likeness (QED) is 0.744. The molecule has 2 heterocycles. The summed E-state index contributed by atoms with van der Waals surface area (Å²) in [6.07, 6.45) is 3.48. The van der Waals surface area contributed by atoms with Crippen LogP contribution in [-0.2, 0) is 6.54 Å². The third kappa shape index (κ3) is 4.44. The molecular weight excluding hydrogens is 316 g/mol. The maximum Gasteiger partial charge on any atom is 0.320 e. The lowest BCUT2D eigenvalue weighted by Crippen LogP contribution is -2.28. The maximum absolute atomic E-state index is 12.1. The van der Waals surface area contributed by atoms with Gasteiger partial charge >= 0.3 is 6.03 Å². The first-order valence-corrected chi connectivity index (χ1v) is 8.12. The molecule has 0 aliphatic heterocycles. The van der Waals surface area contributed by atoms with Crippen LogP contribution in [0.4, 0.5) is 10.6 Å². The second kappa shape index (κ2) is 7.61. The zero-order valence-corrected chi connectivity index (χ0v) is 14.2. The molecule has 2 amide bonds. The Morgan fingerprint density at radius 2 is 2.00 bits per heavy atom. The van der Waals surface area contributed by atoms with Gasteiger partial charge in [0.25, 0.3) is 0 Å². The number of rotatable bonds is 5. The van der Waals surface area contributed by atoms with Crippen molar-refractivity contribution in [2.24, 2.45) is 0 Å². The van der Waals surface area contributed by atoms with Gasteiger partial charge in [0.2, 0.25) is 0 Å². The highest BCUT2D eigenvalue weighted by molar-refractivity contribution is 5.90. The van der Waals surface area contributed by atoms with Crippen molar-refractivity contribution < 1.29 is 9.53 Å². The van der Waals surface area contributed by atoms with Crippen LogP contribution in [0.15, 0.2) is 54.9 Å². The van der Waals surface area contributed by atoms with Crippen LogP contribution in [0.25, 0.3) is 10.9 Å². The number of urea groups is 1. The highest BCUT2D eigenvalue weighted by Gasteiger charge is 2.08. The van der Waals surface area contributed by atoms with Gasteiger partial charge in [-0.2, -0.15) is 0 Å². The number of carbonyl (C=O) groups excluding carboxylic acids is 1. The molecule has 0 bridgehead atoms. The number of nitrogens with one attached hydrogen (secondary N) is 2. The minimum Gasteiger partial charge on any atom is -0.491 e. The van der Waals surface area contributed by atoms with Crippen LogP contribution >= 0.6 is 0 Å². The monoisotopic (exact) mass is 336 g/mol. The summed E-state index contributed by atoms with van der Waals surface area (Å²) >= 11 is 0. The number of nitrogens with zero attached hydrogens (tertiary/aromatic N) is 2. The van der Waals surface area contributed by atoms with E-state index in [1.165, 1.54) is 0 Å². The first-order chi connectivity index (χ1) is 12.1. The van der Waals surface area contributed by atoms with E-state index in [0.29, 0.717) is 12.4 Å². The molecule has 0 aliphatic carbocycles. The molecule has 3 rings (SSSR count). The van der Waals surface area contributed by atoms with Gasteiger partial charge in [-0.25, -0.2) is 9.78 Å². The number of hydrogen-bond acceptors (Lipinski definition) is 4. The number of benzene rings is 1. The first kappa shape index (κ1) is 16.7. The third-order valence-corrected chi connectivity index (χ3v) is 3.51. The minimum atomic E-state index is -0.319. The van der Waals surface area contributed by atoms with Crippen molar-refractivity contribution in [1.82, 2.24) is 15.3 Å². The van der Waals surface area contributed by atoms with E-state index in [1.54, 1.807) is 24.5 Å². The van der Waals surface area contributed by atoms with Crippen LogP contribution in [-0.4, -0.2) is 22.1 Å². The molecular formula is C19H20N4O2. The fourth-order valence-electron chi connectivity index (χ4n) is 2.39. The Morgan fingerprint density at radius 1 is 1.16 bits per heavy atom. The van der Waals surface area contributed by atoms with Crippen molar-refractivity contribution in [3.8, 4) is 5.75 Å². The van der Waals surface area contributed by atoms with Gasteiger partial charge in [0.15, 0.2) is 0 Å². The summed E-state index contributed by atoms with van der Waals surface area (Å²) in [4.78, 5) is 20.6. The molecule has 0 radical (unpaired) electrons. The van der Waals surface area contributed by atoms with Gasteiger partial charge in [-0.3, -0.25) is 10.3 Å². The summed E-state index contributed by atoms with van der Waals surface area (Å²) < 4.78 is 5.75. The molecule has 128 valence electrons. The van der Waals surface area contributed by atoms with E-state index in [0.717, 1.165) is 22.2 Å². The van der Waals surface area contributed by atoms with Gasteiger partial charge in [-0.1, -0.05) is 18.2 Å². The number of carbonyl (C=O) groups is 1. The summed E-state index contributed by atoms with van der Waals surface area (Å²) in [5.74, 6) is 1.26. The van der Waals surface area contributed by atoms with E-state index in [4.69, 9.17) is 4.74 Å². The van der Waals surface area contributed by atoms with Gasteiger partial charge in [0.05, 0.1) is 11.6 Å².